The third-order valence-corrected chi connectivity index (χ3v) is 3.58. The first-order valence-electron chi connectivity index (χ1n) is 7.12. The molecule has 1 aromatic heterocycles. The quantitative estimate of drug-likeness (QED) is 0.795. The molecule has 0 aliphatic rings. The van der Waals surface area contributed by atoms with Gasteiger partial charge in [-0.15, -0.1) is 0 Å². The summed E-state index contributed by atoms with van der Waals surface area (Å²) in [4.78, 5) is 23.6. The van der Waals surface area contributed by atoms with E-state index in [1.165, 1.54) is 11.3 Å². The van der Waals surface area contributed by atoms with Crippen LogP contribution in [0.5, 0.6) is 11.5 Å². The van der Waals surface area contributed by atoms with Crippen LogP contribution in [0.15, 0.2) is 41.1 Å². The van der Waals surface area contributed by atoms with Crippen molar-refractivity contribution >= 4 is 23.2 Å². The van der Waals surface area contributed by atoms with Crippen molar-refractivity contribution in [2.24, 2.45) is 0 Å². The first-order chi connectivity index (χ1) is 11.1. The van der Waals surface area contributed by atoms with Gasteiger partial charge in [0.25, 0.3) is 11.8 Å². The summed E-state index contributed by atoms with van der Waals surface area (Å²) in [5, 5.41) is 3.48. The second kappa shape index (κ2) is 8.19. The molecular formula is C16H18N2O4S. The minimum absolute atomic E-state index is 0.368. The standard InChI is InChI=1S/C16H18N2O4S/c1-3-21-13-4-6-14(7-5-13)22-11(2)15(19)17-18-16(20)12-8-9-23-10-12/h4-11H,3H2,1-2H3,(H,17,19)(H,18,20). The van der Waals surface area contributed by atoms with Crippen molar-refractivity contribution in [2.75, 3.05) is 6.61 Å². The number of amides is 2. The second-order valence-corrected chi connectivity index (χ2v) is 5.40. The molecule has 1 unspecified atom stereocenters. The van der Waals surface area contributed by atoms with Gasteiger partial charge in [0.2, 0.25) is 0 Å². The molecule has 0 bridgehead atoms. The summed E-state index contributed by atoms with van der Waals surface area (Å²) in [7, 11) is 0. The first kappa shape index (κ1) is 16.8. The van der Waals surface area contributed by atoms with Crippen molar-refractivity contribution in [1.82, 2.24) is 10.9 Å². The van der Waals surface area contributed by atoms with Crippen molar-refractivity contribution in [3.05, 3.63) is 46.7 Å². The molecule has 6 nitrogen and oxygen atoms in total. The Morgan fingerprint density at radius 3 is 2.43 bits per heavy atom. The Labute approximate surface area is 138 Å². The van der Waals surface area contributed by atoms with Gasteiger partial charge >= 0.3 is 0 Å². The van der Waals surface area contributed by atoms with Gasteiger partial charge < -0.3 is 9.47 Å². The molecule has 7 heteroatoms. The lowest BCUT2D eigenvalue weighted by atomic mass is 10.3. The third kappa shape index (κ3) is 5.00. The molecule has 2 amide bonds. The highest BCUT2D eigenvalue weighted by molar-refractivity contribution is 7.08. The summed E-state index contributed by atoms with van der Waals surface area (Å²) in [6.45, 7) is 4.09. The molecule has 0 spiro atoms. The molecule has 1 heterocycles. The van der Waals surface area contributed by atoms with Crippen molar-refractivity contribution in [3.63, 3.8) is 0 Å². The smallest absolute Gasteiger partial charge is 0.279 e. The Bertz CT molecular complexity index is 641. The zero-order valence-corrected chi connectivity index (χ0v) is 13.7. The van der Waals surface area contributed by atoms with Crippen LogP contribution in [-0.4, -0.2) is 24.5 Å². The molecule has 1 aromatic carbocycles. The predicted octanol–water partition coefficient (Wildman–Crippen LogP) is 2.38. The lowest BCUT2D eigenvalue weighted by molar-refractivity contribution is -0.128. The van der Waals surface area contributed by atoms with E-state index >= 15 is 0 Å². The van der Waals surface area contributed by atoms with Gasteiger partial charge in [0.1, 0.15) is 11.5 Å². The number of hydrogen-bond acceptors (Lipinski definition) is 5. The maximum absolute atomic E-state index is 11.9. The van der Waals surface area contributed by atoms with E-state index in [9.17, 15) is 9.59 Å². The monoisotopic (exact) mass is 334 g/mol. The van der Waals surface area contributed by atoms with Gasteiger partial charge in [-0.3, -0.25) is 20.4 Å². The molecule has 2 aromatic rings. The average molecular weight is 334 g/mol. The van der Waals surface area contributed by atoms with Crippen LogP contribution >= 0.6 is 11.3 Å². The zero-order valence-electron chi connectivity index (χ0n) is 12.9. The van der Waals surface area contributed by atoms with E-state index in [4.69, 9.17) is 9.47 Å². The number of thiophene rings is 1. The molecular weight excluding hydrogens is 316 g/mol. The van der Waals surface area contributed by atoms with E-state index in [1.807, 2.05) is 6.92 Å². The maximum atomic E-state index is 11.9. The van der Waals surface area contributed by atoms with Crippen LogP contribution in [0.1, 0.15) is 24.2 Å². The number of hydrazine groups is 1. The average Bonchev–Trinajstić information content (AvgIpc) is 3.09. The fraction of sp³-hybridized carbons (Fsp3) is 0.250. The molecule has 2 rings (SSSR count). The number of rotatable bonds is 6. The van der Waals surface area contributed by atoms with Gasteiger partial charge in [0.05, 0.1) is 12.2 Å². The molecule has 0 aliphatic carbocycles. The third-order valence-electron chi connectivity index (χ3n) is 2.90. The summed E-state index contributed by atoms with van der Waals surface area (Å²) in [5.74, 6) is 0.468. The molecule has 0 radical (unpaired) electrons. The molecule has 1 atom stereocenters. The largest absolute Gasteiger partial charge is 0.494 e. The first-order valence-corrected chi connectivity index (χ1v) is 8.06. The number of ether oxygens (including phenoxy) is 2. The van der Waals surface area contributed by atoms with Crippen molar-refractivity contribution in [1.29, 1.82) is 0 Å². The molecule has 2 N–H and O–H groups in total. The van der Waals surface area contributed by atoms with Crippen LogP contribution < -0.4 is 20.3 Å². The zero-order chi connectivity index (χ0) is 16.7. The van der Waals surface area contributed by atoms with E-state index in [2.05, 4.69) is 10.9 Å². The predicted molar refractivity (Wildman–Crippen MR) is 87.6 cm³/mol. The summed E-state index contributed by atoms with van der Waals surface area (Å²) >= 11 is 1.41. The fourth-order valence-electron chi connectivity index (χ4n) is 1.72. The fourth-order valence-corrected chi connectivity index (χ4v) is 2.36. The van der Waals surface area contributed by atoms with Gasteiger partial charge in [0.15, 0.2) is 6.10 Å². The highest BCUT2D eigenvalue weighted by Crippen LogP contribution is 2.18. The van der Waals surface area contributed by atoms with Crippen LogP contribution in [0.25, 0.3) is 0 Å². The maximum Gasteiger partial charge on any atom is 0.279 e. The number of hydrogen-bond donors (Lipinski definition) is 2. The minimum atomic E-state index is -0.754. The summed E-state index contributed by atoms with van der Waals surface area (Å²) in [5.41, 5.74) is 5.18. The van der Waals surface area contributed by atoms with Crippen molar-refractivity contribution < 1.29 is 19.1 Å². The van der Waals surface area contributed by atoms with E-state index in [0.717, 1.165) is 5.75 Å². The van der Waals surface area contributed by atoms with E-state index in [1.54, 1.807) is 48.0 Å². The van der Waals surface area contributed by atoms with Gasteiger partial charge in [0, 0.05) is 5.38 Å². The number of carbonyl (C=O) groups is 2. The van der Waals surface area contributed by atoms with Crippen LogP contribution in [0.2, 0.25) is 0 Å². The second-order valence-electron chi connectivity index (χ2n) is 4.62. The molecule has 0 saturated carbocycles. The van der Waals surface area contributed by atoms with Crippen molar-refractivity contribution in [2.45, 2.75) is 20.0 Å². The Kier molecular flexibility index (Phi) is 5.99. The lowest BCUT2D eigenvalue weighted by Crippen LogP contribution is -2.47. The normalized spacial score (nSPS) is 11.4. The number of benzene rings is 1. The molecule has 0 fully saturated rings. The van der Waals surface area contributed by atoms with Crippen LogP contribution in [0.4, 0.5) is 0 Å². The Morgan fingerprint density at radius 1 is 1.13 bits per heavy atom. The highest BCUT2D eigenvalue weighted by Gasteiger charge is 2.16. The van der Waals surface area contributed by atoms with Crippen molar-refractivity contribution in [3.8, 4) is 11.5 Å². The number of nitrogens with one attached hydrogen (secondary N) is 2. The van der Waals surface area contributed by atoms with Gasteiger partial charge in [-0.05, 0) is 49.6 Å². The van der Waals surface area contributed by atoms with Gasteiger partial charge in [-0.2, -0.15) is 11.3 Å². The van der Waals surface area contributed by atoms with E-state index in [-0.39, 0.29) is 5.91 Å². The highest BCUT2D eigenvalue weighted by atomic mass is 32.1. The van der Waals surface area contributed by atoms with Crippen LogP contribution in [-0.2, 0) is 4.79 Å². The van der Waals surface area contributed by atoms with Gasteiger partial charge in [-0.25, -0.2) is 0 Å². The molecule has 0 saturated heterocycles. The Balaban J connectivity index is 1.81. The van der Waals surface area contributed by atoms with E-state index in [0.29, 0.717) is 17.9 Å². The van der Waals surface area contributed by atoms with Crippen LogP contribution in [0.3, 0.4) is 0 Å². The minimum Gasteiger partial charge on any atom is -0.494 e. The Morgan fingerprint density at radius 2 is 1.83 bits per heavy atom. The molecule has 0 aliphatic heterocycles. The SMILES string of the molecule is CCOc1ccc(OC(C)C(=O)NNC(=O)c2ccsc2)cc1. The van der Waals surface area contributed by atoms with Crippen LogP contribution in [0, 0.1) is 0 Å². The number of carbonyl (C=O) groups excluding carboxylic acids is 2. The summed E-state index contributed by atoms with van der Waals surface area (Å²) in [6, 6.07) is 8.65. The topological polar surface area (TPSA) is 76.7 Å². The van der Waals surface area contributed by atoms with E-state index < -0.39 is 12.0 Å². The molecule has 23 heavy (non-hydrogen) atoms. The lowest BCUT2D eigenvalue weighted by Gasteiger charge is -2.15. The van der Waals surface area contributed by atoms with Gasteiger partial charge in [-0.1, -0.05) is 0 Å². The molecule has 122 valence electrons. The Hall–Kier alpha value is -2.54. The summed E-state index contributed by atoms with van der Waals surface area (Å²) < 4.78 is 10.8. The summed E-state index contributed by atoms with van der Waals surface area (Å²) in [6.07, 6.45) is -0.754.